The van der Waals surface area contributed by atoms with Crippen molar-refractivity contribution in [2.75, 3.05) is 6.61 Å². The fourth-order valence-electron chi connectivity index (χ4n) is 0.847. The average molecular weight is 144 g/mol. The van der Waals surface area contributed by atoms with Crippen molar-refractivity contribution in [3.63, 3.8) is 0 Å². The predicted molar refractivity (Wildman–Crippen MR) is 41.7 cm³/mol. The maximum absolute atomic E-state index is 9.32. The van der Waals surface area contributed by atoms with Crippen LogP contribution in [0.1, 0.15) is 20.3 Å². The topological polar surface area (TPSA) is 40.5 Å². The van der Waals surface area contributed by atoms with Crippen LogP contribution in [0.4, 0.5) is 0 Å². The van der Waals surface area contributed by atoms with Crippen LogP contribution >= 0.6 is 0 Å². The Kier molecular flexibility index (Phi) is 4.32. The van der Waals surface area contributed by atoms with E-state index in [9.17, 15) is 5.11 Å². The van der Waals surface area contributed by atoms with Crippen LogP contribution in [0.2, 0.25) is 0 Å². The fraction of sp³-hybridized carbons (Fsp3) is 0.750. The molecular formula is C8H16O2. The first-order valence-electron chi connectivity index (χ1n) is 3.54. The zero-order chi connectivity index (χ0) is 8.15. The lowest BCUT2D eigenvalue weighted by atomic mass is 9.97. The van der Waals surface area contributed by atoms with Crippen molar-refractivity contribution in [2.24, 2.45) is 5.92 Å². The summed E-state index contributed by atoms with van der Waals surface area (Å²) in [5.41, 5.74) is 0.765. The zero-order valence-corrected chi connectivity index (χ0v) is 6.67. The Bertz CT molecular complexity index is 110. The Hall–Kier alpha value is -0.340. The summed E-state index contributed by atoms with van der Waals surface area (Å²) < 4.78 is 0. The minimum atomic E-state index is -0.466. The van der Waals surface area contributed by atoms with E-state index in [0.29, 0.717) is 6.42 Å². The van der Waals surface area contributed by atoms with E-state index in [1.807, 2.05) is 6.92 Å². The van der Waals surface area contributed by atoms with E-state index in [2.05, 4.69) is 6.58 Å². The second kappa shape index (κ2) is 4.47. The summed E-state index contributed by atoms with van der Waals surface area (Å²) in [5.74, 6) is 0.113. The molecule has 2 nitrogen and oxygen atoms in total. The molecule has 0 heterocycles. The third-order valence-electron chi connectivity index (χ3n) is 1.63. The first-order valence-corrected chi connectivity index (χ1v) is 3.54. The van der Waals surface area contributed by atoms with Gasteiger partial charge in [-0.05, 0) is 19.3 Å². The predicted octanol–water partition coefficient (Wildman–Crippen LogP) is 0.942. The van der Waals surface area contributed by atoms with Gasteiger partial charge in [-0.3, -0.25) is 0 Å². The number of aliphatic hydroxyl groups excluding tert-OH is 2. The monoisotopic (exact) mass is 144 g/mol. The summed E-state index contributed by atoms with van der Waals surface area (Å²) >= 11 is 0. The normalized spacial score (nSPS) is 16.4. The van der Waals surface area contributed by atoms with E-state index in [1.54, 1.807) is 6.92 Å². The highest BCUT2D eigenvalue weighted by Crippen LogP contribution is 2.13. The minimum absolute atomic E-state index is 0.113. The lowest BCUT2D eigenvalue weighted by Crippen LogP contribution is -2.19. The Labute approximate surface area is 62.2 Å². The van der Waals surface area contributed by atoms with Crippen LogP contribution < -0.4 is 0 Å². The molecule has 0 aliphatic heterocycles. The van der Waals surface area contributed by atoms with Crippen molar-refractivity contribution in [1.29, 1.82) is 0 Å². The van der Waals surface area contributed by atoms with Gasteiger partial charge in [0.25, 0.3) is 0 Å². The van der Waals surface area contributed by atoms with Gasteiger partial charge < -0.3 is 10.2 Å². The number of aliphatic hydroxyl groups is 2. The van der Waals surface area contributed by atoms with E-state index < -0.39 is 6.10 Å². The van der Waals surface area contributed by atoms with Gasteiger partial charge in [0, 0.05) is 6.61 Å². The van der Waals surface area contributed by atoms with Gasteiger partial charge in [0.15, 0.2) is 0 Å². The molecule has 0 aromatic rings. The van der Waals surface area contributed by atoms with Crippen molar-refractivity contribution in [2.45, 2.75) is 26.4 Å². The third-order valence-corrected chi connectivity index (χ3v) is 1.63. The van der Waals surface area contributed by atoms with E-state index >= 15 is 0 Å². The average Bonchev–Trinajstić information content (AvgIpc) is 1.87. The Morgan fingerprint density at radius 3 is 2.40 bits per heavy atom. The number of rotatable bonds is 4. The second-order valence-corrected chi connectivity index (χ2v) is 2.78. The summed E-state index contributed by atoms with van der Waals surface area (Å²) in [6.45, 7) is 7.45. The summed E-state index contributed by atoms with van der Waals surface area (Å²) in [6, 6.07) is 0. The van der Waals surface area contributed by atoms with Crippen molar-refractivity contribution >= 4 is 0 Å². The Morgan fingerprint density at radius 2 is 2.10 bits per heavy atom. The molecule has 0 fully saturated rings. The molecule has 0 saturated carbocycles. The molecular weight excluding hydrogens is 128 g/mol. The van der Waals surface area contributed by atoms with Gasteiger partial charge >= 0.3 is 0 Å². The van der Waals surface area contributed by atoms with Gasteiger partial charge in [-0.25, -0.2) is 0 Å². The van der Waals surface area contributed by atoms with E-state index in [0.717, 1.165) is 5.57 Å². The number of hydrogen-bond donors (Lipinski definition) is 2. The molecule has 0 amide bonds. The highest BCUT2D eigenvalue weighted by atomic mass is 16.3. The molecule has 0 saturated heterocycles. The van der Waals surface area contributed by atoms with Gasteiger partial charge in [0.05, 0.1) is 6.10 Å². The van der Waals surface area contributed by atoms with Crippen molar-refractivity contribution in [1.82, 2.24) is 0 Å². The van der Waals surface area contributed by atoms with Crippen LogP contribution in [0.15, 0.2) is 12.2 Å². The van der Waals surface area contributed by atoms with Crippen molar-refractivity contribution in [3.05, 3.63) is 12.2 Å². The standard InChI is InChI=1S/C8H16O2/c1-6(2)8(10)7(3)4-5-9/h7-10H,1,4-5H2,2-3H3/t7-,8-/m1/s1. The van der Waals surface area contributed by atoms with E-state index in [1.165, 1.54) is 0 Å². The molecule has 0 rings (SSSR count). The van der Waals surface area contributed by atoms with E-state index in [-0.39, 0.29) is 12.5 Å². The lowest BCUT2D eigenvalue weighted by molar-refractivity contribution is 0.128. The molecule has 2 N–H and O–H groups in total. The first-order chi connectivity index (χ1) is 4.59. The molecule has 0 bridgehead atoms. The van der Waals surface area contributed by atoms with Crippen molar-refractivity contribution in [3.8, 4) is 0 Å². The molecule has 2 atom stereocenters. The van der Waals surface area contributed by atoms with E-state index in [4.69, 9.17) is 5.11 Å². The fourth-order valence-corrected chi connectivity index (χ4v) is 0.847. The van der Waals surface area contributed by atoms with Crippen LogP contribution in [0, 0.1) is 5.92 Å². The molecule has 0 aliphatic rings. The minimum Gasteiger partial charge on any atom is -0.396 e. The van der Waals surface area contributed by atoms with Gasteiger partial charge in [0.1, 0.15) is 0 Å². The Morgan fingerprint density at radius 1 is 1.60 bits per heavy atom. The summed E-state index contributed by atoms with van der Waals surface area (Å²) in [6.07, 6.45) is 0.167. The molecule has 0 aromatic carbocycles. The molecule has 0 spiro atoms. The van der Waals surface area contributed by atoms with Crippen LogP contribution in [-0.4, -0.2) is 22.9 Å². The molecule has 0 aromatic heterocycles. The highest BCUT2D eigenvalue weighted by Gasteiger charge is 2.13. The molecule has 2 heteroatoms. The first kappa shape index (κ1) is 9.66. The second-order valence-electron chi connectivity index (χ2n) is 2.78. The van der Waals surface area contributed by atoms with Gasteiger partial charge in [0.2, 0.25) is 0 Å². The summed E-state index contributed by atoms with van der Waals surface area (Å²) in [7, 11) is 0. The van der Waals surface area contributed by atoms with Crippen LogP contribution in [0.25, 0.3) is 0 Å². The smallest absolute Gasteiger partial charge is 0.0771 e. The highest BCUT2D eigenvalue weighted by molar-refractivity contribution is 4.98. The third kappa shape index (κ3) is 2.99. The zero-order valence-electron chi connectivity index (χ0n) is 6.67. The van der Waals surface area contributed by atoms with Crippen LogP contribution in [0.3, 0.4) is 0 Å². The molecule has 0 unspecified atom stereocenters. The maximum Gasteiger partial charge on any atom is 0.0771 e. The van der Waals surface area contributed by atoms with Gasteiger partial charge in [-0.15, -0.1) is 0 Å². The SMILES string of the molecule is C=C(C)[C@@H](O)[C@H](C)CCO. The summed E-state index contributed by atoms with van der Waals surface area (Å²) in [4.78, 5) is 0. The molecule has 60 valence electrons. The molecule has 10 heavy (non-hydrogen) atoms. The summed E-state index contributed by atoms with van der Waals surface area (Å²) in [5, 5.41) is 17.8. The molecule has 0 aliphatic carbocycles. The lowest BCUT2D eigenvalue weighted by Gasteiger charge is -2.17. The Balaban J connectivity index is 3.69. The molecule has 0 radical (unpaired) electrons. The van der Waals surface area contributed by atoms with Crippen molar-refractivity contribution < 1.29 is 10.2 Å². The maximum atomic E-state index is 9.32. The largest absolute Gasteiger partial charge is 0.396 e. The number of hydrogen-bond acceptors (Lipinski definition) is 2. The quantitative estimate of drug-likeness (QED) is 0.576. The van der Waals surface area contributed by atoms with Gasteiger partial charge in [-0.2, -0.15) is 0 Å². The van der Waals surface area contributed by atoms with Crippen LogP contribution in [0.5, 0.6) is 0 Å². The van der Waals surface area contributed by atoms with Crippen LogP contribution in [-0.2, 0) is 0 Å². The van der Waals surface area contributed by atoms with Gasteiger partial charge in [-0.1, -0.05) is 19.1 Å².